The van der Waals surface area contributed by atoms with E-state index >= 15 is 0 Å². The van der Waals surface area contributed by atoms with Gasteiger partial charge in [0.15, 0.2) is 5.65 Å². The summed E-state index contributed by atoms with van der Waals surface area (Å²) in [6.45, 7) is 4.08. The highest BCUT2D eigenvalue weighted by atomic mass is 35.5. The van der Waals surface area contributed by atoms with Crippen LogP contribution in [0.15, 0.2) is 12.4 Å². The molecule has 74 valence electrons. The van der Waals surface area contributed by atoms with Crippen molar-refractivity contribution < 1.29 is 0 Å². The predicted octanol–water partition coefficient (Wildman–Crippen LogP) is 2.25. The first-order valence-electron chi connectivity index (χ1n) is 4.38. The van der Waals surface area contributed by atoms with E-state index in [-0.39, 0.29) is 6.04 Å². The average Bonchev–Trinajstić information content (AvgIpc) is 2.55. The summed E-state index contributed by atoms with van der Waals surface area (Å²) < 4.78 is 1.82. The van der Waals surface area contributed by atoms with E-state index in [1.165, 1.54) is 0 Å². The molecule has 0 saturated heterocycles. The summed E-state index contributed by atoms with van der Waals surface area (Å²) in [5.41, 5.74) is 6.91. The second-order valence-electron chi connectivity index (χ2n) is 3.45. The molecule has 2 aromatic heterocycles. The Morgan fingerprint density at radius 1 is 1.43 bits per heavy atom. The highest BCUT2D eigenvalue weighted by molar-refractivity contribution is 6.37. The van der Waals surface area contributed by atoms with Crippen LogP contribution in [0.4, 0.5) is 5.69 Å². The zero-order valence-electron chi connectivity index (χ0n) is 8.03. The van der Waals surface area contributed by atoms with Crippen molar-refractivity contribution in [1.82, 2.24) is 14.8 Å². The largest absolute Gasteiger partial charge is 0.396 e. The number of hydrogen-bond acceptors (Lipinski definition) is 3. The van der Waals surface area contributed by atoms with Crippen molar-refractivity contribution in [2.75, 3.05) is 5.73 Å². The van der Waals surface area contributed by atoms with Crippen molar-refractivity contribution in [2.45, 2.75) is 19.9 Å². The van der Waals surface area contributed by atoms with Gasteiger partial charge in [0.1, 0.15) is 0 Å². The van der Waals surface area contributed by atoms with E-state index in [9.17, 15) is 0 Å². The zero-order chi connectivity index (χ0) is 10.3. The van der Waals surface area contributed by atoms with Crippen LogP contribution in [0.1, 0.15) is 19.9 Å². The topological polar surface area (TPSA) is 56.7 Å². The maximum Gasteiger partial charge on any atom is 0.159 e. The van der Waals surface area contributed by atoms with Gasteiger partial charge in [-0.05, 0) is 13.8 Å². The number of halogens is 1. The molecule has 0 aliphatic heterocycles. The average molecular weight is 211 g/mol. The summed E-state index contributed by atoms with van der Waals surface area (Å²) in [5.74, 6) is 0. The first kappa shape index (κ1) is 9.27. The van der Waals surface area contributed by atoms with E-state index in [0.717, 1.165) is 11.0 Å². The van der Waals surface area contributed by atoms with Crippen molar-refractivity contribution in [2.24, 2.45) is 0 Å². The van der Waals surface area contributed by atoms with Crippen molar-refractivity contribution in [3.05, 3.63) is 17.4 Å². The van der Waals surface area contributed by atoms with Gasteiger partial charge in [-0.2, -0.15) is 5.10 Å². The smallest absolute Gasteiger partial charge is 0.159 e. The van der Waals surface area contributed by atoms with Crippen molar-refractivity contribution in [3.8, 4) is 0 Å². The van der Waals surface area contributed by atoms with Crippen LogP contribution in [-0.4, -0.2) is 14.8 Å². The molecule has 0 amide bonds. The third kappa shape index (κ3) is 1.23. The first-order valence-corrected chi connectivity index (χ1v) is 4.76. The fourth-order valence-electron chi connectivity index (χ4n) is 1.36. The molecule has 0 aliphatic carbocycles. The van der Waals surface area contributed by atoms with Gasteiger partial charge in [0.05, 0.1) is 28.5 Å². The highest BCUT2D eigenvalue weighted by Crippen LogP contribution is 2.27. The van der Waals surface area contributed by atoms with Gasteiger partial charge in [0.25, 0.3) is 0 Å². The maximum atomic E-state index is 6.03. The van der Waals surface area contributed by atoms with Crippen LogP contribution in [0.25, 0.3) is 11.0 Å². The molecule has 0 aromatic carbocycles. The molecule has 0 unspecified atom stereocenters. The van der Waals surface area contributed by atoms with Crippen LogP contribution in [0, 0.1) is 0 Å². The van der Waals surface area contributed by atoms with Crippen molar-refractivity contribution in [1.29, 1.82) is 0 Å². The first-order chi connectivity index (χ1) is 6.61. The summed E-state index contributed by atoms with van der Waals surface area (Å²) in [6, 6.07) is 0.264. The Hall–Kier alpha value is -1.29. The zero-order valence-corrected chi connectivity index (χ0v) is 8.78. The Balaban J connectivity index is 2.77. The van der Waals surface area contributed by atoms with E-state index in [0.29, 0.717) is 10.7 Å². The molecule has 2 rings (SSSR count). The molecule has 0 radical (unpaired) electrons. The van der Waals surface area contributed by atoms with Gasteiger partial charge in [-0.1, -0.05) is 11.6 Å². The summed E-state index contributed by atoms with van der Waals surface area (Å²) in [5, 5.41) is 5.55. The molecular weight excluding hydrogens is 200 g/mol. The van der Waals surface area contributed by atoms with Crippen LogP contribution in [0.3, 0.4) is 0 Å². The molecule has 2 heterocycles. The van der Waals surface area contributed by atoms with Crippen molar-refractivity contribution in [3.63, 3.8) is 0 Å². The maximum absolute atomic E-state index is 6.03. The molecule has 0 fully saturated rings. The van der Waals surface area contributed by atoms with Gasteiger partial charge in [-0.15, -0.1) is 0 Å². The molecule has 14 heavy (non-hydrogen) atoms. The van der Waals surface area contributed by atoms with E-state index in [1.54, 1.807) is 12.4 Å². The molecule has 0 bridgehead atoms. The normalized spacial score (nSPS) is 11.4. The molecule has 0 spiro atoms. The lowest BCUT2D eigenvalue weighted by molar-refractivity contribution is 0.546. The Morgan fingerprint density at radius 2 is 2.14 bits per heavy atom. The van der Waals surface area contributed by atoms with Crippen LogP contribution in [-0.2, 0) is 0 Å². The fraction of sp³-hybridized carbons (Fsp3) is 0.333. The van der Waals surface area contributed by atoms with Gasteiger partial charge < -0.3 is 5.73 Å². The SMILES string of the molecule is CC(C)n1ncc2c(Cl)c(N)cnc21. The number of fused-ring (bicyclic) bond motifs is 1. The summed E-state index contributed by atoms with van der Waals surface area (Å²) in [7, 11) is 0. The van der Waals surface area contributed by atoms with E-state index in [2.05, 4.69) is 10.1 Å². The van der Waals surface area contributed by atoms with E-state index in [1.807, 2.05) is 18.5 Å². The standard InChI is InChI=1S/C9H11ClN4/c1-5(2)14-9-6(3-13-14)8(10)7(11)4-12-9/h3-5H,11H2,1-2H3. The van der Waals surface area contributed by atoms with Crippen LogP contribution < -0.4 is 5.73 Å². The molecule has 2 N–H and O–H groups in total. The number of nitrogen functional groups attached to an aromatic ring is 1. The number of pyridine rings is 1. The lowest BCUT2D eigenvalue weighted by Crippen LogP contribution is -2.03. The molecular formula is C9H11ClN4. The van der Waals surface area contributed by atoms with Crippen LogP contribution >= 0.6 is 11.6 Å². The minimum absolute atomic E-state index is 0.264. The van der Waals surface area contributed by atoms with Gasteiger partial charge in [-0.3, -0.25) is 0 Å². The molecule has 2 aromatic rings. The number of hydrogen-bond donors (Lipinski definition) is 1. The monoisotopic (exact) mass is 210 g/mol. The lowest BCUT2D eigenvalue weighted by atomic mass is 10.3. The van der Waals surface area contributed by atoms with Gasteiger partial charge in [-0.25, -0.2) is 9.67 Å². The second-order valence-corrected chi connectivity index (χ2v) is 3.83. The Labute approximate surface area is 86.7 Å². The third-order valence-corrected chi connectivity index (χ3v) is 2.50. The highest BCUT2D eigenvalue weighted by Gasteiger charge is 2.11. The lowest BCUT2D eigenvalue weighted by Gasteiger charge is -2.06. The van der Waals surface area contributed by atoms with Gasteiger partial charge in [0, 0.05) is 6.04 Å². The predicted molar refractivity (Wildman–Crippen MR) is 57.3 cm³/mol. The van der Waals surface area contributed by atoms with Gasteiger partial charge >= 0.3 is 0 Å². The summed E-state index contributed by atoms with van der Waals surface area (Å²) >= 11 is 6.03. The number of aromatic nitrogens is 3. The number of nitrogens with zero attached hydrogens (tertiary/aromatic N) is 3. The van der Waals surface area contributed by atoms with Gasteiger partial charge in [0.2, 0.25) is 0 Å². The molecule has 0 atom stereocenters. The summed E-state index contributed by atoms with van der Waals surface area (Å²) in [6.07, 6.45) is 3.26. The minimum atomic E-state index is 0.264. The third-order valence-electron chi connectivity index (χ3n) is 2.07. The molecule has 4 nitrogen and oxygen atoms in total. The van der Waals surface area contributed by atoms with Crippen molar-refractivity contribution >= 4 is 28.3 Å². The number of rotatable bonds is 1. The number of anilines is 1. The Morgan fingerprint density at radius 3 is 2.79 bits per heavy atom. The molecule has 0 aliphatic rings. The Bertz CT molecular complexity index is 475. The van der Waals surface area contributed by atoms with E-state index < -0.39 is 0 Å². The van der Waals surface area contributed by atoms with E-state index in [4.69, 9.17) is 17.3 Å². The minimum Gasteiger partial charge on any atom is -0.396 e. The fourth-order valence-corrected chi connectivity index (χ4v) is 1.54. The molecule has 5 heteroatoms. The quantitative estimate of drug-likeness (QED) is 0.786. The second kappa shape index (κ2) is 3.13. The van der Waals surface area contributed by atoms with Crippen LogP contribution in [0.2, 0.25) is 5.02 Å². The molecule has 0 saturated carbocycles. The Kier molecular flexibility index (Phi) is 2.07. The number of nitrogens with two attached hydrogens (primary N) is 1. The summed E-state index contributed by atoms with van der Waals surface area (Å²) in [4.78, 5) is 4.21. The van der Waals surface area contributed by atoms with Crippen LogP contribution in [0.5, 0.6) is 0 Å².